The van der Waals surface area contributed by atoms with Crippen molar-refractivity contribution in [3.05, 3.63) is 35.9 Å². The largest absolute Gasteiger partial charge is 0.372 e. The Morgan fingerprint density at radius 3 is 2.42 bits per heavy atom. The highest BCUT2D eigenvalue weighted by Crippen LogP contribution is 2.09. The molecular formula is C15H22N2O2. The van der Waals surface area contributed by atoms with E-state index in [1.807, 2.05) is 11.0 Å². The lowest BCUT2D eigenvalue weighted by Crippen LogP contribution is -2.50. The van der Waals surface area contributed by atoms with E-state index in [1.165, 1.54) is 5.56 Å². The molecule has 1 heterocycles. The molecule has 1 aliphatic rings. The highest BCUT2D eigenvalue weighted by molar-refractivity contribution is 5.80. The molecule has 0 saturated carbocycles. The Hall–Kier alpha value is -1.39. The van der Waals surface area contributed by atoms with Crippen molar-refractivity contribution < 1.29 is 9.53 Å². The first kappa shape index (κ1) is 14.0. The fraction of sp³-hybridized carbons (Fsp3) is 0.533. The summed E-state index contributed by atoms with van der Waals surface area (Å²) in [5, 5.41) is 0. The van der Waals surface area contributed by atoms with E-state index in [4.69, 9.17) is 4.74 Å². The van der Waals surface area contributed by atoms with Crippen LogP contribution in [0, 0.1) is 0 Å². The van der Waals surface area contributed by atoms with Gasteiger partial charge < -0.3 is 9.64 Å². The van der Waals surface area contributed by atoms with Gasteiger partial charge in [-0.25, -0.2) is 0 Å². The van der Waals surface area contributed by atoms with Gasteiger partial charge in [0.2, 0.25) is 0 Å². The number of hydrogen-bond donors (Lipinski definition) is 0. The van der Waals surface area contributed by atoms with Crippen LogP contribution in [-0.2, 0) is 16.1 Å². The third kappa shape index (κ3) is 3.78. The van der Waals surface area contributed by atoms with Gasteiger partial charge in [-0.1, -0.05) is 30.3 Å². The van der Waals surface area contributed by atoms with Gasteiger partial charge in [-0.15, -0.1) is 0 Å². The maximum atomic E-state index is 12.0. The Morgan fingerprint density at radius 2 is 1.84 bits per heavy atom. The summed E-state index contributed by atoms with van der Waals surface area (Å²) in [6.45, 7) is 6.20. The predicted octanol–water partition coefficient (Wildman–Crippen LogP) is 1.37. The summed E-state index contributed by atoms with van der Waals surface area (Å²) in [7, 11) is 1.58. The highest BCUT2D eigenvalue weighted by atomic mass is 16.5. The number of piperazine rings is 1. The summed E-state index contributed by atoms with van der Waals surface area (Å²) < 4.78 is 5.08. The van der Waals surface area contributed by atoms with E-state index in [9.17, 15) is 4.79 Å². The maximum Gasteiger partial charge on any atom is 0.251 e. The number of hydrogen-bond acceptors (Lipinski definition) is 3. The van der Waals surface area contributed by atoms with Gasteiger partial charge in [-0.05, 0) is 12.5 Å². The van der Waals surface area contributed by atoms with Crippen LogP contribution >= 0.6 is 0 Å². The lowest BCUT2D eigenvalue weighted by atomic mass is 10.2. The van der Waals surface area contributed by atoms with Gasteiger partial charge in [0.05, 0.1) is 0 Å². The number of carbonyl (C=O) groups is 1. The molecule has 0 aliphatic carbocycles. The number of benzene rings is 1. The Balaban J connectivity index is 1.81. The van der Waals surface area contributed by atoms with E-state index in [-0.39, 0.29) is 12.0 Å². The van der Waals surface area contributed by atoms with Gasteiger partial charge >= 0.3 is 0 Å². The Morgan fingerprint density at radius 1 is 1.21 bits per heavy atom. The minimum Gasteiger partial charge on any atom is -0.372 e. The summed E-state index contributed by atoms with van der Waals surface area (Å²) in [6, 6.07) is 10.5. The molecule has 1 saturated heterocycles. The number of amides is 1. The van der Waals surface area contributed by atoms with Crippen molar-refractivity contribution in [1.82, 2.24) is 9.80 Å². The number of nitrogens with zero attached hydrogens (tertiary/aromatic N) is 2. The first-order chi connectivity index (χ1) is 9.20. The lowest BCUT2D eigenvalue weighted by Gasteiger charge is -2.35. The van der Waals surface area contributed by atoms with Gasteiger partial charge in [0.25, 0.3) is 5.91 Å². The van der Waals surface area contributed by atoms with Crippen molar-refractivity contribution in [3.63, 3.8) is 0 Å². The van der Waals surface area contributed by atoms with Crippen LogP contribution in [0.25, 0.3) is 0 Å². The van der Waals surface area contributed by atoms with Gasteiger partial charge in [-0.3, -0.25) is 9.69 Å². The quantitative estimate of drug-likeness (QED) is 0.821. The van der Waals surface area contributed by atoms with E-state index in [0.717, 1.165) is 32.7 Å². The van der Waals surface area contributed by atoms with E-state index < -0.39 is 0 Å². The maximum absolute atomic E-state index is 12.0. The first-order valence-corrected chi connectivity index (χ1v) is 6.78. The van der Waals surface area contributed by atoms with Gasteiger partial charge in [-0.2, -0.15) is 0 Å². The molecule has 1 amide bonds. The van der Waals surface area contributed by atoms with Crippen LogP contribution in [-0.4, -0.2) is 55.1 Å². The zero-order valence-corrected chi connectivity index (χ0v) is 11.7. The Labute approximate surface area is 115 Å². The van der Waals surface area contributed by atoms with Gasteiger partial charge in [0, 0.05) is 39.8 Å². The number of ether oxygens (including phenoxy) is 1. The molecule has 1 aromatic carbocycles. The summed E-state index contributed by atoms with van der Waals surface area (Å²) in [4.78, 5) is 16.3. The molecule has 1 fully saturated rings. The van der Waals surface area contributed by atoms with Crippen LogP contribution in [0.4, 0.5) is 0 Å². The van der Waals surface area contributed by atoms with Crippen LogP contribution in [0.5, 0.6) is 0 Å². The lowest BCUT2D eigenvalue weighted by molar-refractivity contribution is -0.142. The van der Waals surface area contributed by atoms with Crippen molar-refractivity contribution in [1.29, 1.82) is 0 Å². The first-order valence-electron chi connectivity index (χ1n) is 6.78. The fourth-order valence-electron chi connectivity index (χ4n) is 2.33. The fourth-order valence-corrected chi connectivity index (χ4v) is 2.33. The Kier molecular flexibility index (Phi) is 4.93. The van der Waals surface area contributed by atoms with E-state index in [0.29, 0.717) is 0 Å². The molecule has 4 nitrogen and oxygen atoms in total. The second kappa shape index (κ2) is 6.68. The molecule has 0 N–H and O–H groups in total. The number of methoxy groups -OCH3 is 1. The highest BCUT2D eigenvalue weighted by Gasteiger charge is 2.24. The van der Waals surface area contributed by atoms with Crippen LogP contribution < -0.4 is 0 Å². The predicted molar refractivity (Wildman–Crippen MR) is 74.8 cm³/mol. The molecule has 104 valence electrons. The van der Waals surface area contributed by atoms with Crippen molar-refractivity contribution >= 4 is 5.91 Å². The zero-order valence-electron chi connectivity index (χ0n) is 11.7. The van der Waals surface area contributed by atoms with E-state index in [1.54, 1.807) is 14.0 Å². The Bertz CT molecular complexity index is 400. The molecule has 1 atom stereocenters. The summed E-state index contributed by atoms with van der Waals surface area (Å²) in [5.41, 5.74) is 1.33. The molecule has 0 aromatic heterocycles. The molecule has 1 aromatic rings. The van der Waals surface area contributed by atoms with Crippen LogP contribution in [0.2, 0.25) is 0 Å². The van der Waals surface area contributed by atoms with Crippen molar-refractivity contribution in [3.8, 4) is 0 Å². The van der Waals surface area contributed by atoms with Gasteiger partial charge in [0.1, 0.15) is 6.10 Å². The third-order valence-electron chi connectivity index (χ3n) is 3.63. The molecule has 19 heavy (non-hydrogen) atoms. The molecule has 1 unspecified atom stereocenters. The summed E-state index contributed by atoms with van der Waals surface area (Å²) in [5.74, 6) is 0.0989. The smallest absolute Gasteiger partial charge is 0.251 e. The summed E-state index contributed by atoms with van der Waals surface area (Å²) >= 11 is 0. The third-order valence-corrected chi connectivity index (χ3v) is 3.63. The zero-order chi connectivity index (χ0) is 13.7. The average Bonchev–Trinajstić information content (AvgIpc) is 2.47. The topological polar surface area (TPSA) is 32.8 Å². The molecule has 0 spiro atoms. The van der Waals surface area contributed by atoms with Crippen LogP contribution in [0.3, 0.4) is 0 Å². The second-order valence-corrected chi connectivity index (χ2v) is 4.96. The molecular weight excluding hydrogens is 240 g/mol. The van der Waals surface area contributed by atoms with Gasteiger partial charge in [0.15, 0.2) is 0 Å². The standard InChI is InChI=1S/C15H22N2O2/c1-13(19-2)15(18)17-10-8-16(9-11-17)12-14-6-4-3-5-7-14/h3-7,13H,8-12H2,1-2H3. The second-order valence-electron chi connectivity index (χ2n) is 4.96. The minimum atomic E-state index is -0.333. The summed E-state index contributed by atoms with van der Waals surface area (Å²) in [6.07, 6.45) is -0.333. The average molecular weight is 262 g/mol. The molecule has 1 aliphatic heterocycles. The van der Waals surface area contributed by atoms with E-state index >= 15 is 0 Å². The van der Waals surface area contributed by atoms with Crippen LogP contribution in [0.15, 0.2) is 30.3 Å². The van der Waals surface area contributed by atoms with Crippen molar-refractivity contribution in [2.75, 3.05) is 33.3 Å². The molecule has 0 bridgehead atoms. The monoisotopic (exact) mass is 262 g/mol. The number of rotatable bonds is 4. The SMILES string of the molecule is COC(C)C(=O)N1CCN(Cc2ccccc2)CC1. The normalized spacial score (nSPS) is 18.3. The number of carbonyl (C=O) groups excluding carboxylic acids is 1. The molecule has 4 heteroatoms. The van der Waals surface area contributed by atoms with Crippen molar-refractivity contribution in [2.24, 2.45) is 0 Å². The minimum absolute atomic E-state index is 0.0989. The molecule has 0 radical (unpaired) electrons. The van der Waals surface area contributed by atoms with E-state index in [2.05, 4.69) is 29.2 Å². The molecule has 2 rings (SSSR count). The van der Waals surface area contributed by atoms with Crippen LogP contribution in [0.1, 0.15) is 12.5 Å². The van der Waals surface area contributed by atoms with Crippen molar-refractivity contribution in [2.45, 2.75) is 19.6 Å².